The minimum atomic E-state index is -0.0607. The Morgan fingerprint density at radius 1 is 1.32 bits per heavy atom. The molecule has 28 heavy (non-hydrogen) atoms. The van der Waals surface area contributed by atoms with Crippen molar-refractivity contribution in [1.29, 1.82) is 0 Å². The fourth-order valence-electron chi connectivity index (χ4n) is 2.49. The Kier molecular flexibility index (Phi) is 7.36. The lowest BCUT2D eigenvalue weighted by molar-refractivity contribution is -0.121. The quantitative estimate of drug-likeness (QED) is 0.294. The van der Waals surface area contributed by atoms with Crippen LogP contribution in [0.25, 0.3) is 6.08 Å². The molecule has 0 N–H and O–H groups in total. The van der Waals surface area contributed by atoms with Gasteiger partial charge in [0, 0.05) is 29.7 Å². The van der Waals surface area contributed by atoms with E-state index in [-0.39, 0.29) is 5.91 Å². The molecule has 1 heterocycles. The molecule has 3 rings (SSSR count). The zero-order valence-electron chi connectivity index (χ0n) is 14.8. The van der Waals surface area contributed by atoms with Gasteiger partial charge in [-0.3, -0.25) is 14.7 Å². The molecule has 0 aliphatic carbocycles. The van der Waals surface area contributed by atoms with Gasteiger partial charge in [0.25, 0.3) is 5.91 Å². The lowest BCUT2D eigenvalue weighted by Crippen LogP contribution is -2.23. The number of thioether (sulfide) groups is 1. The van der Waals surface area contributed by atoms with Gasteiger partial charge < -0.3 is 4.74 Å². The summed E-state index contributed by atoms with van der Waals surface area (Å²) < 4.78 is 7.68. The molecule has 0 aromatic heterocycles. The number of carbonyl (C=O) groups excluding carboxylic acids is 1. The maximum atomic E-state index is 12.3. The molecule has 2 aromatic carbocycles. The largest absolute Gasteiger partial charge is 0.487 e. The molecular formula is C19H14BrCl2IN2O2S. The number of nitrogens with zero attached hydrogens (tertiary/aromatic N) is 2. The first-order chi connectivity index (χ1) is 13.3. The summed E-state index contributed by atoms with van der Waals surface area (Å²) in [6.07, 6.45) is 1.86. The SMILES string of the molecule is CN=C1S/C(=C\c2cc(Br)c(OCc3ccc(Cl)cc3Cl)c(I)c2)C(=O)N1C. The summed E-state index contributed by atoms with van der Waals surface area (Å²) in [5.74, 6) is 0.654. The molecule has 146 valence electrons. The number of hydrogen-bond donors (Lipinski definition) is 0. The monoisotopic (exact) mass is 610 g/mol. The topological polar surface area (TPSA) is 41.9 Å². The minimum absolute atomic E-state index is 0.0607. The summed E-state index contributed by atoms with van der Waals surface area (Å²) in [5, 5.41) is 1.84. The highest BCUT2D eigenvalue weighted by molar-refractivity contribution is 14.1. The van der Waals surface area contributed by atoms with Gasteiger partial charge in [0.15, 0.2) is 5.17 Å². The first-order valence-corrected chi connectivity index (χ1v) is 11.4. The third-order valence-corrected chi connectivity index (χ3v) is 7.03. The molecule has 1 aliphatic heterocycles. The smallest absolute Gasteiger partial charge is 0.266 e. The van der Waals surface area contributed by atoms with E-state index < -0.39 is 0 Å². The van der Waals surface area contributed by atoms with Crippen LogP contribution in [0.2, 0.25) is 10.0 Å². The van der Waals surface area contributed by atoms with Gasteiger partial charge in [-0.05, 0) is 86.2 Å². The van der Waals surface area contributed by atoms with E-state index in [9.17, 15) is 4.79 Å². The van der Waals surface area contributed by atoms with Gasteiger partial charge in [0.2, 0.25) is 0 Å². The maximum absolute atomic E-state index is 12.3. The lowest BCUT2D eigenvalue weighted by atomic mass is 10.2. The first-order valence-electron chi connectivity index (χ1n) is 8.00. The van der Waals surface area contributed by atoms with Crippen LogP contribution in [0.1, 0.15) is 11.1 Å². The molecule has 1 aliphatic rings. The number of amidine groups is 1. The van der Waals surface area contributed by atoms with Crippen LogP contribution in [0.15, 0.2) is 44.7 Å². The van der Waals surface area contributed by atoms with E-state index >= 15 is 0 Å². The maximum Gasteiger partial charge on any atom is 0.266 e. The number of amides is 1. The molecule has 0 saturated carbocycles. The average Bonchev–Trinajstić information content (AvgIpc) is 2.90. The van der Waals surface area contributed by atoms with Gasteiger partial charge in [-0.25, -0.2) is 0 Å². The number of hydrogen-bond acceptors (Lipinski definition) is 4. The van der Waals surface area contributed by atoms with Crippen molar-refractivity contribution < 1.29 is 9.53 Å². The fraction of sp³-hybridized carbons (Fsp3) is 0.158. The molecule has 1 fully saturated rings. The minimum Gasteiger partial charge on any atom is -0.487 e. The van der Waals surface area contributed by atoms with Crippen molar-refractivity contribution in [3.63, 3.8) is 0 Å². The van der Waals surface area contributed by atoms with Crippen LogP contribution in [-0.4, -0.2) is 30.1 Å². The van der Waals surface area contributed by atoms with Crippen LogP contribution in [0, 0.1) is 3.57 Å². The van der Waals surface area contributed by atoms with Crippen LogP contribution in [0.4, 0.5) is 0 Å². The van der Waals surface area contributed by atoms with Crippen LogP contribution in [0.3, 0.4) is 0 Å². The summed E-state index contributed by atoms with van der Waals surface area (Å²) in [7, 11) is 3.39. The molecule has 0 bridgehead atoms. The number of benzene rings is 2. The normalized spacial score (nSPS) is 17.1. The Morgan fingerprint density at radius 2 is 2.07 bits per heavy atom. The van der Waals surface area contributed by atoms with Gasteiger partial charge in [0.05, 0.1) is 12.9 Å². The number of ether oxygens (including phenoxy) is 1. The third kappa shape index (κ3) is 4.87. The summed E-state index contributed by atoms with van der Waals surface area (Å²) >= 11 is 19.3. The zero-order valence-corrected chi connectivity index (χ0v) is 20.9. The van der Waals surface area contributed by atoms with Gasteiger partial charge >= 0.3 is 0 Å². The van der Waals surface area contributed by atoms with E-state index in [1.165, 1.54) is 11.8 Å². The summed E-state index contributed by atoms with van der Waals surface area (Å²) in [4.78, 5) is 18.6. The predicted octanol–water partition coefficient (Wildman–Crippen LogP) is 6.47. The number of carbonyl (C=O) groups is 1. The average molecular weight is 612 g/mol. The Bertz CT molecular complexity index is 990. The van der Waals surface area contributed by atoms with Crippen molar-refractivity contribution in [3.05, 3.63) is 64.5 Å². The second-order valence-corrected chi connectivity index (χ2v) is 9.69. The van der Waals surface area contributed by atoms with Crippen molar-refractivity contribution in [2.75, 3.05) is 14.1 Å². The predicted molar refractivity (Wildman–Crippen MR) is 129 cm³/mol. The van der Waals surface area contributed by atoms with Crippen LogP contribution < -0.4 is 4.74 Å². The van der Waals surface area contributed by atoms with E-state index in [1.807, 2.05) is 24.3 Å². The standard InChI is InChI=1S/C19H14BrCl2IN2O2S/c1-24-19-25(2)18(26)16(28-19)7-10-5-13(20)17(15(23)6-10)27-9-11-3-4-12(21)8-14(11)22/h3-8H,9H2,1-2H3/b16-7-,24-19?. The van der Waals surface area contributed by atoms with Crippen molar-refractivity contribution >= 4 is 90.6 Å². The van der Waals surface area contributed by atoms with Crippen molar-refractivity contribution in [2.24, 2.45) is 4.99 Å². The molecule has 0 spiro atoms. The van der Waals surface area contributed by atoms with Gasteiger partial charge in [-0.2, -0.15) is 0 Å². The lowest BCUT2D eigenvalue weighted by Gasteiger charge is -2.12. The van der Waals surface area contributed by atoms with Crippen LogP contribution in [-0.2, 0) is 11.4 Å². The highest BCUT2D eigenvalue weighted by Gasteiger charge is 2.29. The molecule has 9 heteroatoms. The van der Waals surface area contributed by atoms with E-state index in [0.717, 1.165) is 19.2 Å². The highest BCUT2D eigenvalue weighted by atomic mass is 127. The summed E-state index contributed by atoms with van der Waals surface area (Å²) in [6, 6.07) is 9.20. The molecule has 0 atom stereocenters. The van der Waals surface area contributed by atoms with Crippen molar-refractivity contribution in [2.45, 2.75) is 6.61 Å². The van der Waals surface area contributed by atoms with E-state index in [2.05, 4.69) is 43.5 Å². The molecule has 0 radical (unpaired) electrons. The number of halogens is 4. The molecule has 2 aromatic rings. The van der Waals surface area contributed by atoms with E-state index in [1.54, 1.807) is 31.1 Å². The van der Waals surface area contributed by atoms with Crippen molar-refractivity contribution in [1.82, 2.24) is 4.90 Å². The van der Waals surface area contributed by atoms with Crippen LogP contribution >= 0.6 is 73.5 Å². The molecule has 0 unspecified atom stereocenters. The number of aliphatic imine (C=N–C) groups is 1. The van der Waals surface area contributed by atoms with E-state index in [0.29, 0.717) is 32.5 Å². The molecule has 4 nitrogen and oxygen atoms in total. The zero-order chi connectivity index (χ0) is 20.4. The first kappa shape index (κ1) is 22.0. The molecular weight excluding hydrogens is 598 g/mol. The third-order valence-electron chi connectivity index (χ3n) is 3.90. The van der Waals surface area contributed by atoms with Gasteiger partial charge in [-0.15, -0.1) is 0 Å². The second-order valence-electron chi connectivity index (χ2n) is 5.82. The highest BCUT2D eigenvalue weighted by Crippen LogP contribution is 2.36. The fourth-order valence-corrected chi connectivity index (χ4v) is 5.65. The van der Waals surface area contributed by atoms with E-state index in [4.69, 9.17) is 27.9 Å². The molecule has 1 saturated heterocycles. The Hall–Kier alpha value is -0.740. The summed E-state index contributed by atoms with van der Waals surface area (Å²) in [6.45, 7) is 0.320. The Labute approximate surface area is 199 Å². The van der Waals surface area contributed by atoms with Gasteiger partial charge in [-0.1, -0.05) is 29.3 Å². The second kappa shape index (κ2) is 9.38. The molecule has 1 amide bonds. The van der Waals surface area contributed by atoms with Gasteiger partial charge in [0.1, 0.15) is 12.4 Å². The van der Waals surface area contributed by atoms with Crippen LogP contribution in [0.5, 0.6) is 5.75 Å². The number of likely N-dealkylation sites (N-methyl/N-ethyl adjacent to an activating group) is 1. The summed E-state index contributed by atoms with van der Waals surface area (Å²) in [5.41, 5.74) is 1.75. The number of rotatable bonds is 4. The van der Waals surface area contributed by atoms with Crippen molar-refractivity contribution in [3.8, 4) is 5.75 Å². The Balaban J connectivity index is 1.81. The Morgan fingerprint density at radius 3 is 2.68 bits per heavy atom.